The van der Waals surface area contributed by atoms with Crippen molar-refractivity contribution in [3.8, 4) is 11.3 Å². The first-order chi connectivity index (χ1) is 13.5. The molecule has 1 aliphatic heterocycles. The highest BCUT2D eigenvalue weighted by Gasteiger charge is 2.43. The van der Waals surface area contributed by atoms with Gasteiger partial charge in [0.2, 0.25) is 0 Å². The van der Waals surface area contributed by atoms with Crippen LogP contribution in [0.1, 0.15) is 27.0 Å². The van der Waals surface area contributed by atoms with Crippen molar-refractivity contribution in [2.45, 2.75) is 45.3 Å². The average Bonchev–Trinajstić information content (AvgIpc) is 3.20. The second-order valence-corrected chi connectivity index (χ2v) is 7.57. The molecule has 1 aromatic carbocycles. The lowest BCUT2D eigenvalue weighted by Crippen LogP contribution is -2.30. The Morgan fingerprint density at radius 3 is 2.54 bits per heavy atom. The number of hydrogen-bond acceptors (Lipinski definition) is 7. The van der Waals surface area contributed by atoms with Gasteiger partial charge < -0.3 is 20.3 Å². The van der Waals surface area contributed by atoms with Crippen molar-refractivity contribution in [1.29, 1.82) is 0 Å². The van der Waals surface area contributed by atoms with Crippen molar-refractivity contribution in [3.05, 3.63) is 36.7 Å². The summed E-state index contributed by atoms with van der Waals surface area (Å²) in [5, 5.41) is 29.5. The summed E-state index contributed by atoms with van der Waals surface area (Å²) in [6.45, 7) is 6.73. The van der Waals surface area contributed by atoms with Gasteiger partial charge in [-0.05, 0) is 12.8 Å². The summed E-state index contributed by atoms with van der Waals surface area (Å²) in [6, 6.07) is 9.76. The highest BCUT2D eigenvalue weighted by atomic mass is 16.6. The maximum atomic E-state index is 10.5. The van der Waals surface area contributed by atoms with E-state index in [1.54, 1.807) is 11.6 Å². The topological polar surface area (TPSA) is 105 Å². The molecule has 1 saturated heterocycles. The van der Waals surface area contributed by atoms with E-state index in [0.717, 1.165) is 17.5 Å². The molecular weight excluding hydrogens is 358 g/mol. The molecule has 0 spiro atoms. The van der Waals surface area contributed by atoms with Crippen molar-refractivity contribution in [2.75, 3.05) is 11.9 Å². The van der Waals surface area contributed by atoms with E-state index in [0.29, 0.717) is 23.1 Å². The molecule has 3 N–H and O–H groups in total. The number of ether oxygens (including phenoxy) is 1. The van der Waals surface area contributed by atoms with Crippen LogP contribution < -0.4 is 5.32 Å². The van der Waals surface area contributed by atoms with Gasteiger partial charge in [0.15, 0.2) is 11.9 Å². The second kappa shape index (κ2) is 7.46. The molecular formula is C20H25N5O3. The van der Waals surface area contributed by atoms with E-state index in [-0.39, 0.29) is 0 Å². The minimum absolute atomic E-state index is 0.441. The third-order valence-corrected chi connectivity index (χ3v) is 4.93. The Hall–Kier alpha value is -2.55. The molecule has 4 atom stereocenters. The molecule has 0 radical (unpaired) electrons. The molecule has 4 rings (SSSR count). The van der Waals surface area contributed by atoms with Gasteiger partial charge in [-0.3, -0.25) is 0 Å². The van der Waals surface area contributed by atoms with Gasteiger partial charge in [0.25, 0.3) is 0 Å². The SMILES string of the molecule is CC(C)CNc1ncnc2c1c(-c1ccccc1)nn2[C@@H]1O[C@H](C)[C@@H](O)[C@H]1O. The average molecular weight is 383 g/mol. The standard InChI is InChI=1S/C20H25N5O3/c1-11(2)9-21-18-14-15(13-7-5-4-6-8-13)24-25(19(14)23-10-22-18)20-17(27)16(26)12(3)28-20/h4-8,10-12,16-17,20,26-27H,9H2,1-3H3,(H,21,22,23)/t12-,16-,17-,20-/m1/s1. The number of nitrogens with zero attached hydrogens (tertiary/aromatic N) is 4. The van der Waals surface area contributed by atoms with Crippen LogP contribution in [0.2, 0.25) is 0 Å². The summed E-state index contributed by atoms with van der Waals surface area (Å²) in [5.41, 5.74) is 2.16. The zero-order valence-electron chi connectivity index (χ0n) is 16.1. The quantitative estimate of drug-likeness (QED) is 0.620. The number of fused-ring (bicyclic) bond motifs is 1. The molecule has 0 unspecified atom stereocenters. The number of aromatic nitrogens is 4. The van der Waals surface area contributed by atoms with Crippen LogP contribution in [-0.4, -0.2) is 54.8 Å². The van der Waals surface area contributed by atoms with Crippen molar-refractivity contribution in [2.24, 2.45) is 5.92 Å². The lowest BCUT2D eigenvalue weighted by Gasteiger charge is -2.15. The van der Waals surface area contributed by atoms with Crippen molar-refractivity contribution >= 4 is 16.9 Å². The maximum Gasteiger partial charge on any atom is 0.181 e. The van der Waals surface area contributed by atoms with Gasteiger partial charge in [0.1, 0.15) is 30.0 Å². The molecule has 8 nitrogen and oxygen atoms in total. The van der Waals surface area contributed by atoms with Crippen LogP contribution in [0.25, 0.3) is 22.3 Å². The molecule has 0 aliphatic carbocycles. The van der Waals surface area contributed by atoms with Crippen LogP contribution >= 0.6 is 0 Å². The van der Waals surface area contributed by atoms with E-state index in [4.69, 9.17) is 9.84 Å². The van der Waals surface area contributed by atoms with Crippen LogP contribution in [0.4, 0.5) is 5.82 Å². The highest BCUT2D eigenvalue weighted by Crippen LogP contribution is 2.36. The predicted octanol–water partition coefficient (Wildman–Crippen LogP) is 2.20. The van der Waals surface area contributed by atoms with E-state index >= 15 is 0 Å². The summed E-state index contributed by atoms with van der Waals surface area (Å²) >= 11 is 0. The minimum atomic E-state index is -1.09. The molecule has 0 amide bonds. The van der Waals surface area contributed by atoms with E-state index in [1.807, 2.05) is 30.3 Å². The molecule has 28 heavy (non-hydrogen) atoms. The number of nitrogens with one attached hydrogen (secondary N) is 1. The molecule has 0 bridgehead atoms. The Kier molecular flexibility index (Phi) is 5.01. The number of hydrogen-bond donors (Lipinski definition) is 3. The first-order valence-electron chi connectivity index (χ1n) is 9.51. The minimum Gasteiger partial charge on any atom is -0.388 e. The van der Waals surface area contributed by atoms with E-state index in [9.17, 15) is 10.2 Å². The summed E-state index contributed by atoms with van der Waals surface area (Å²) in [4.78, 5) is 8.85. The zero-order valence-corrected chi connectivity index (χ0v) is 16.1. The van der Waals surface area contributed by atoms with Gasteiger partial charge in [-0.2, -0.15) is 5.10 Å². The van der Waals surface area contributed by atoms with E-state index in [2.05, 4.69) is 29.1 Å². The van der Waals surface area contributed by atoms with E-state index < -0.39 is 24.5 Å². The van der Waals surface area contributed by atoms with Crippen LogP contribution in [0.5, 0.6) is 0 Å². The summed E-state index contributed by atoms with van der Waals surface area (Å²) in [7, 11) is 0. The van der Waals surface area contributed by atoms with Crippen LogP contribution in [0.15, 0.2) is 36.7 Å². The molecule has 0 saturated carbocycles. The molecule has 3 heterocycles. The van der Waals surface area contributed by atoms with Crippen LogP contribution in [0, 0.1) is 5.92 Å². The maximum absolute atomic E-state index is 10.5. The Morgan fingerprint density at radius 2 is 1.89 bits per heavy atom. The largest absolute Gasteiger partial charge is 0.388 e. The third kappa shape index (κ3) is 3.23. The van der Waals surface area contributed by atoms with Gasteiger partial charge in [0.05, 0.1) is 11.5 Å². The van der Waals surface area contributed by atoms with Gasteiger partial charge in [-0.15, -0.1) is 0 Å². The Morgan fingerprint density at radius 1 is 1.14 bits per heavy atom. The summed E-state index contributed by atoms with van der Waals surface area (Å²) < 4.78 is 7.34. The zero-order chi connectivity index (χ0) is 19.8. The number of anilines is 1. The molecule has 3 aromatic rings. The molecule has 1 fully saturated rings. The summed E-state index contributed by atoms with van der Waals surface area (Å²) in [5.74, 6) is 1.13. The molecule has 148 valence electrons. The predicted molar refractivity (Wildman–Crippen MR) is 106 cm³/mol. The fourth-order valence-corrected chi connectivity index (χ4v) is 3.41. The Labute approximate surface area is 163 Å². The van der Waals surface area contributed by atoms with Gasteiger partial charge in [-0.25, -0.2) is 14.6 Å². The molecule has 1 aliphatic rings. The second-order valence-electron chi connectivity index (χ2n) is 7.57. The lowest BCUT2D eigenvalue weighted by atomic mass is 10.1. The number of aliphatic hydroxyl groups excluding tert-OH is 2. The fraction of sp³-hybridized carbons (Fsp3) is 0.450. The number of rotatable bonds is 5. The number of aliphatic hydroxyl groups is 2. The van der Waals surface area contributed by atoms with Gasteiger partial charge in [0, 0.05) is 12.1 Å². The molecule has 2 aromatic heterocycles. The van der Waals surface area contributed by atoms with Crippen molar-refractivity contribution < 1.29 is 14.9 Å². The first-order valence-corrected chi connectivity index (χ1v) is 9.51. The van der Waals surface area contributed by atoms with Gasteiger partial charge in [-0.1, -0.05) is 44.2 Å². The summed E-state index contributed by atoms with van der Waals surface area (Å²) in [6.07, 6.45) is -1.93. The Bertz CT molecular complexity index is 959. The van der Waals surface area contributed by atoms with E-state index in [1.165, 1.54) is 6.33 Å². The third-order valence-electron chi connectivity index (χ3n) is 4.93. The monoisotopic (exact) mass is 383 g/mol. The van der Waals surface area contributed by atoms with Crippen molar-refractivity contribution in [1.82, 2.24) is 19.7 Å². The highest BCUT2D eigenvalue weighted by molar-refractivity contribution is 5.99. The molecule has 8 heteroatoms. The normalized spacial score (nSPS) is 24.9. The smallest absolute Gasteiger partial charge is 0.181 e. The lowest BCUT2D eigenvalue weighted by molar-refractivity contribution is -0.0370. The number of benzene rings is 1. The van der Waals surface area contributed by atoms with Crippen LogP contribution in [0.3, 0.4) is 0 Å². The van der Waals surface area contributed by atoms with Crippen LogP contribution in [-0.2, 0) is 4.74 Å². The van der Waals surface area contributed by atoms with Gasteiger partial charge >= 0.3 is 0 Å². The van der Waals surface area contributed by atoms with Crippen molar-refractivity contribution in [3.63, 3.8) is 0 Å². The Balaban J connectivity index is 1.89. The first kappa shape index (κ1) is 18.8. The fourth-order valence-electron chi connectivity index (χ4n) is 3.41.